The normalized spacial score (nSPS) is 43.5. The zero-order valence-electron chi connectivity index (χ0n) is 17.0. The van der Waals surface area contributed by atoms with E-state index in [0.29, 0.717) is 38.8 Å². The second-order valence-corrected chi connectivity index (χ2v) is 9.87. The van der Waals surface area contributed by atoms with Gasteiger partial charge in [0, 0.05) is 13.1 Å². The first-order valence-electron chi connectivity index (χ1n) is 11.5. The van der Waals surface area contributed by atoms with Crippen molar-refractivity contribution < 1.29 is 28.7 Å². The zero-order chi connectivity index (χ0) is 20.6. The predicted molar refractivity (Wildman–Crippen MR) is 102 cm³/mol. The van der Waals surface area contributed by atoms with E-state index in [4.69, 9.17) is 9.47 Å². The van der Waals surface area contributed by atoms with Gasteiger partial charge in [0.1, 0.15) is 0 Å². The molecule has 6 rings (SSSR count). The number of fused-ring (bicyclic) bond motifs is 4. The number of carbonyl (C=O) groups excluding carboxylic acids is 4. The fraction of sp³-hybridized carbons (Fsp3) is 0.818. The van der Waals surface area contributed by atoms with Crippen LogP contribution in [0.4, 0.5) is 0 Å². The second kappa shape index (κ2) is 6.85. The Hall–Kier alpha value is -1.80. The molecule has 0 aromatic heterocycles. The SMILES string of the molecule is O=C1[C@H]2C[C@@H]3O[C@@H]3C[C@H]2C(=O)N1CCCCCCN1C(=O)[C@H]2C[C@H]3O[C@@H]3C[C@H]2C1=O. The van der Waals surface area contributed by atoms with Crippen LogP contribution in [0, 0.1) is 23.7 Å². The van der Waals surface area contributed by atoms with Gasteiger partial charge >= 0.3 is 0 Å². The number of ether oxygens (including phenoxy) is 2. The van der Waals surface area contributed by atoms with Crippen LogP contribution in [0.3, 0.4) is 0 Å². The molecule has 0 N–H and O–H groups in total. The number of nitrogens with zero attached hydrogens (tertiary/aromatic N) is 2. The molecule has 6 aliphatic rings. The molecule has 8 atom stereocenters. The number of hydrogen-bond acceptors (Lipinski definition) is 6. The van der Waals surface area contributed by atoms with E-state index in [2.05, 4.69) is 0 Å². The van der Waals surface area contributed by atoms with Crippen LogP contribution in [0.15, 0.2) is 0 Å². The molecular weight excluding hydrogens is 388 g/mol. The van der Waals surface area contributed by atoms with Gasteiger partial charge in [-0.25, -0.2) is 0 Å². The Bertz CT molecular complexity index is 691. The Morgan fingerprint density at radius 2 is 0.833 bits per heavy atom. The largest absolute Gasteiger partial charge is 0.370 e. The molecule has 2 aliphatic carbocycles. The Balaban J connectivity index is 0.933. The molecule has 4 heterocycles. The number of imide groups is 2. The maximum absolute atomic E-state index is 12.6. The first kappa shape index (κ1) is 18.9. The summed E-state index contributed by atoms with van der Waals surface area (Å²) in [6.45, 7) is 0.963. The smallest absolute Gasteiger partial charge is 0.233 e. The van der Waals surface area contributed by atoms with Crippen molar-refractivity contribution in [2.24, 2.45) is 23.7 Å². The average molecular weight is 416 g/mol. The molecule has 0 bridgehead atoms. The Morgan fingerprint density at radius 3 is 1.13 bits per heavy atom. The third kappa shape index (κ3) is 2.94. The van der Waals surface area contributed by atoms with Gasteiger partial charge in [0.15, 0.2) is 0 Å². The van der Waals surface area contributed by atoms with Crippen LogP contribution in [0.2, 0.25) is 0 Å². The van der Waals surface area contributed by atoms with Crippen molar-refractivity contribution in [3.05, 3.63) is 0 Å². The number of rotatable bonds is 7. The molecule has 8 heteroatoms. The van der Waals surface area contributed by atoms with E-state index in [1.54, 1.807) is 0 Å². The minimum Gasteiger partial charge on any atom is -0.370 e. The van der Waals surface area contributed by atoms with Gasteiger partial charge in [-0.1, -0.05) is 12.8 Å². The number of hydrogen-bond donors (Lipinski definition) is 0. The van der Waals surface area contributed by atoms with Crippen molar-refractivity contribution in [2.45, 2.75) is 75.8 Å². The summed E-state index contributed by atoms with van der Waals surface area (Å²) in [5, 5.41) is 0. The third-order valence-electron chi connectivity index (χ3n) is 8.14. The Kier molecular flexibility index (Phi) is 4.32. The van der Waals surface area contributed by atoms with Gasteiger partial charge in [-0.15, -0.1) is 0 Å². The highest BCUT2D eigenvalue weighted by atomic mass is 16.6. The molecule has 4 aliphatic heterocycles. The average Bonchev–Trinajstić information content (AvgIpc) is 3.63. The van der Waals surface area contributed by atoms with Crippen LogP contribution in [0.5, 0.6) is 0 Å². The van der Waals surface area contributed by atoms with Gasteiger partial charge in [-0.05, 0) is 38.5 Å². The van der Waals surface area contributed by atoms with E-state index in [1.165, 1.54) is 9.80 Å². The zero-order valence-corrected chi connectivity index (χ0v) is 17.0. The quantitative estimate of drug-likeness (QED) is 0.347. The summed E-state index contributed by atoms with van der Waals surface area (Å²) in [4.78, 5) is 53.3. The lowest BCUT2D eigenvalue weighted by Gasteiger charge is -2.16. The summed E-state index contributed by atoms with van der Waals surface area (Å²) in [5.74, 6) is -0.758. The van der Waals surface area contributed by atoms with Crippen molar-refractivity contribution >= 4 is 23.6 Å². The molecule has 0 aromatic rings. The molecule has 162 valence electrons. The van der Waals surface area contributed by atoms with Gasteiger partial charge < -0.3 is 9.47 Å². The lowest BCUT2D eigenvalue weighted by Crippen LogP contribution is -2.32. The number of carbonyl (C=O) groups is 4. The van der Waals surface area contributed by atoms with E-state index in [0.717, 1.165) is 25.7 Å². The van der Waals surface area contributed by atoms with Crippen LogP contribution in [-0.4, -0.2) is 70.9 Å². The Labute approximate surface area is 175 Å². The molecule has 4 saturated heterocycles. The summed E-state index contributed by atoms with van der Waals surface area (Å²) in [6.07, 6.45) is 6.87. The molecule has 0 spiro atoms. The molecule has 4 amide bonds. The van der Waals surface area contributed by atoms with E-state index in [9.17, 15) is 19.2 Å². The van der Waals surface area contributed by atoms with Crippen LogP contribution in [0.25, 0.3) is 0 Å². The lowest BCUT2D eigenvalue weighted by molar-refractivity contribution is -0.141. The minimum absolute atomic E-state index is 0.0168. The maximum Gasteiger partial charge on any atom is 0.233 e. The summed E-state index contributed by atoms with van der Waals surface area (Å²) in [6, 6.07) is 0. The van der Waals surface area contributed by atoms with Crippen LogP contribution >= 0.6 is 0 Å². The Morgan fingerprint density at radius 1 is 0.533 bits per heavy atom. The van der Waals surface area contributed by atoms with Gasteiger partial charge in [0.05, 0.1) is 48.1 Å². The van der Waals surface area contributed by atoms with Crippen molar-refractivity contribution in [3.63, 3.8) is 0 Å². The van der Waals surface area contributed by atoms with E-state index in [-0.39, 0.29) is 71.7 Å². The molecule has 8 nitrogen and oxygen atoms in total. The van der Waals surface area contributed by atoms with E-state index in [1.807, 2.05) is 0 Å². The summed E-state index contributed by atoms with van der Waals surface area (Å²) < 4.78 is 11.0. The van der Waals surface area contributed by atoms with Crippen LogP contribution in [0.1, 0.15) is 51.4 Å². The fourth-order valence-electron chi connectivity index (χ4n) is 6.29. The fourth-order valence-corrected chi connectivity index (χ4v) is 6.29. The summed E-state index contributed by atoms with van der Waals surface area (Å²) in [7, 11) is 0. The molecular formula is C22H28N2O6. The van der Waals surface area contributed by atoms with Crippen LogP contribution < -0.4 is 0 Å². The first-order chi connectivity index (χ1) is 14.5. The molecule has 0 radical (unpaired) electrons. The van der Waals surface area contributed by atoms with Crippen molar-refractivity contribution in [2.75, 3.05) is 13.1 Å². The van der Waals surface area contributed by atoms with Crippen molar-refractivity contribution in [3.8, 4) is 0 Å². The van der Waals surface area contributed by atoms with Crippen molar-refractivity contribution in [1.29, 1.82) is 0 Å². The van der Waals surface area contributed by atoms with E-state index < -0.39 is 0 Å². The van der Waals surface area contributed by atoms with Gasteiger partial charge in [0.25, 0.3) is 0 Å². The maximum atomic E-state index is 12.6. The standard InChI is InChI=1S/C22H28N2O6/c25-19-11-7-15-16(29-15)8-12(11)20(26)23(19)5-3-1-2-4-6-24-21(27)13-9-17-18(30-17)10-14(13)22(24)28/h11-18H,1-10H2/t11-,12+,13-,14+,15-,16-,17-,18+/m1/s1. The summed E-state index contributed by atoms with van der Waals surface area (Å²) in [5.41, 5.74) is 0. The third-order valence-corrected chi connectivity index (χ3v) is 8.14. The second-order valence-electron chi connectivity index (χ2n) is 9.87. The van der Waals surface area contributed by atoms with Gasteiger partial charge in [-0.3, -0.25) is 29.0 Å². The summed E-state index contributed by atoms with van der Waals surface area (Å²) >= 11 is 0. The van der Waals surface area contributed by atoms with E-state index >= 15 is 0 Å². The monoisotopic (exact) mass is 416 g/mol. The minimum atomic E-state index is -0.173. The molecule has 0 unspecified atom stereocenters. The molecule has 0 aromatic carbocycles. The first-order valence-corrected chi connectivity index (χ1v) is 11.5. The highest BCUT2D eigenvalue weighted by Gasteiger charge is 2.59. The van der Waals surface area contributed by atoms with Crippen molar-refractivity contribution in [1.82, 2.24) is 9.80 Å². The highest BCUT2D eigenvalue weighted by molar-refractivity contribution is 6.06. The van der Waals surface area contributed by atoms with Crippen LogP contribution in [-0.2, 0) is 28.7 Å². The van der Waals surface area contributed by atoms with Gasteiger partial charge in [0.2, 0.25) is 23.6 Å². The highest BCUT2D eigenvalue weighted by Crippen LogP contribution is 2.48. The van der Waals surface area contributed by atoms with Gasteiger partial charge in [-0.2, -0.15) is 0 Å². The number of amides is 4. The number of epoxide rings is 2. The predicted octanol–water partition coefficient (Wildman–Crippen LogP) is 0.872. The lowest BCUT2D eigenvalue weighted by atomic mass is 9.81. The number of unbranched alkanes of at least 4 members (excludes halogenated alkanes) is 3. The molecule has 2 saturated carbocycles. The number of likely N-dealkylation sites (tertiary alicyclic amines) is 2. The molecule has 6 fully saturated rings. The molecule has 30 heavy (non-hydrogen) atoms. The topological polar surface area (TPSA) is 99.8 Å².